The van der Waals surface area contributed by atoms with Crippen molar-refractivity contribution in [2.75, 3.05) is 0 Å². The fraction of sp³-hybridized carbons (Fsp3) is 0.167. The molecule has 0 aromatic carbocycles. The van der Waals surface area contributed by atoms with E-state index >= 15 is 0 Å². The van der Waals surface area contributed by atoms with E-state index in [0.29, 0.717) is 37.1 Å². The minimum atomic E-state index is -1.30. The van der Waals surface area contributed by atoms with Gasteiger partial charge >= 0.3 is 142 Å². The third kappa shape index (κ3) is 5.50. The van der Waals surface area contributed by atoms with E-state index in [4.69, 9.17) is 12.2 Å². The zero-order valence-corrected chi connectivity index (χ0v) is 15.0. The molecule has 0 atom stereocenters. The molecule has 22 heavy (non-hydrogen) atoms. The summed E-state index contributed by atoms with van der Waals surface area (Å²) in [7, 11) is 16.1. The van der Waals surface area contributed by atoms with Gasteiger partial charge in [0.2, 0.25) is 0 Å². The first-order valence-corrected chi connectivity index (χ1v) is 9.69. The second-order valence-corrected chi connectivity index (χ2v) is 9.91. The first-order valence-electron chi connectivity index (χ1n) is 7.70. The van der Waals surface area contributed by atoms with Gasteiger partial charge in [-0.1, -0.05) is 0 Å². The Morgan fingerprint density at radius 3 is 2.23 bits per heavy atom. The second-order valence-electron chi connectivity index (χ2n) is 6.45. The van der Waals surface area contributed by atoms with Gasteiger partial charge in [0.25, 0.3) is 0 Å². The van der Waals surface area contributed by atoms with E-state index < -0.39 is 14.2 Å². The van der Waals surface area contributed by atoms with Gasteiger partial charge in [-0.05, 0) is 0 Å². The number of aromatic hydroxyl groups is 1. The molecule has 3 nitrogen and oxygen atoms in total. The molecule has 0 fully saturated rings. The molecular formula is C6H16B12O3S-. The van der Waals surface area contributed by atoms with Crippen LogP contribution in [0.3, 0.4) is 0 Å². The molecular weight excluding hydrogens is 272 g/mol. The summed E-state index contributed by atoms with van der Waals surface area (Å²) in [4.78, 5) is 11.7. The van der Waals surface area contributed by atoms with Crippen LogP contribution in [0.4, 0.5) is 0 Å². The summed E-state index contributed by atoms with van der Waals surface area (Å²) >= 11 is 0. The monoisotopic (exact) mass is 288 g/mol. The quantitative estimate of drug-likeness (QED) is 0.530. The summed E-state index contributed by atoms with van der Waals surface area (Å²) in [5, 5.41) is 9.35. The second kappa shape index (κ2) is 8.65. The number of hydrogen-bond acceptors (Lipinski definition) is 3. The molecule has 101 valence electrons. The zero-order chi connectivity index (χ0) is 16.9. The van der Waals surface area contributed by atoms with Crippen LogP contribution >= 0.6 is 8.73 Å². The van der Waals surface area contributed by atoms with Crippen molar-refractivity contribution < 1.29 is 9.52 Å². The Labute approximate surface area is 142 Å². The first-order chi connectivity index (χ1) is 10.2. The molecule has 0 spiro atoms. The van der Waals surface area contributed by atoms with Crippen LogP contribution in [0.5, 0.6) is 5.75 Å². The topological polar surface area (TPSA) is 50.4 Å². The summed E-state index contributed by atoms with van der Waals surface area (Å²) in [6.07, 6.45) is 1.96. The molecule has 0 saturated heterocycles. The average Bonchev–Trinajstić information content (AvgIpc) is 2.40. The summed E-state index contributed by atoms with van der Waals surface area (Å²) in [6, 6.07) is 6.14. The van der Waals surface area contributed by atoms with E-state index in [1.807, 2.05) is 0 Å². The molecule has 0 saturated carbocycles. The van der Waals surface area contributed by atoms with Crippen molar-refractivity contribution in [2.24, 2.45) is 0 Å². The summed E-state index contributed by atoms with van der Waals surface area (Å²) in [6.45, 7) is 0. The van der Waals surface area contributed by atoms with Gasteiger partial charge in [0.1, 0.15) is 0 Å². The molecule has 0 amide bonds. The average molecular weight is 288 g/mol. The van der Waals surface area contributed by atoms with Gasteiger partial charge in [-0.25, -0.2) is 0 Å². The van der Waals surface area contributed by atoms with Gasteiger partial charge in [0.05, 0.1) is 0 Å². The fourth-order valence-electron chi connectivity index (χ4n) is 2.51. The van der Waals surface area contributed by atoms with Gasteiger partial charge < -0.3 is 0 Å². The van der Waals surface area contributed by atoms with Crippen LogP contribution in [0.1, 0.15) is 5.76 Å². The van der Waals surface area contributed by atoms with E-state index in [1.165, 1.54) is 6.07 Å². The van der Waals surface area contributed by atoms with Crippen molar-refractivity contribution in [1.29, 1.82) is 0 Å². The van der Waals surface area contributed by atoms with Crippen LogP contribution in [0.15, 0.2) is 21.5 Å². The van der Waals surface area contributed by atoms with E-state index in [1.54, 1.807) is 0 Å². The van der Waals surface area contributed by atoms with Crippen molar-refractivity contribution in [1.82, 2.24) is 0 Å². The number of hydrogen-bond donors (Lipinski definition) is 1. The Morgan fingerprint density at radius 1 is 1.27 bits per heavy atom. The molecule has 0 aliphatic heterocycles. The molecule has 0 bridgehead atoms. The normalized spacial score (nSPS) is 10.2. The van der Waals surface area contributed by atoms with Gasteiger partial charge in [0.15, 0.2) is 0 Å². The molecule has 1 heterocycles. The van der Waals surface area contributed by atoms with Crippen LogP contribution in [-0.2, 0) is 5.75 Å². The third-order valence-electron chi connectivity index (χ3n) is 3.39. The van der Waals surface area contributed by atoms with Crippen LogP contribution in [0, 0.1) is 0 Å². The van der Waals surface area contributed by atoms with Crippen LogP contribution in [0.2, 0.25) is 0 Å². The van der Waals surface area contributed by atoms with E-state index in [-0.39, 0.29) is 5.75 Å². The van der Waals surface area contributed by atoms with Gasteiger partial charge in [-0.3, -0.25) is 0 Å². The SMILES string of the molecule is [10B-][10BH][10B]([10BH2])S(=[10B][10B]([10BH2])[10BH2])(=[10B][10B]([10BH2])[10BH2])Cc1cc(=O)c(O)co1. The molecule has 1 aromatic heterocycles. The van der Waals surface area contributed by atoms with Crippen molar-refractivity contribution in [3.8, 4) is 5.75 Å². The Hall–Kier alpha value is -0.121. The van der Waals surface area contributed by atoms with Crippen LogP contribution in [-0.4, -0.2) is 89.2 Å². The van der Waals surface area contributed by atoms with Crippen molar-refractivity contribution in [3.05, 3.63) is 28.3 Å². The maximum atomic E-state index is 11.7. The third-order valence-corrected chi connectivity index (χ3v) is 7.97. The Bertz CT molecular complexity index is 656. The Morgan fingerprint density at radius 2 is 1.82 bits per heavy atom. The Balaban J connectivity index is 3.49. The molecule has 0 unspecified atom stereocenters. The van der Waals surface area contributed by atoms with E-state index in [9.17, 15) is 9.90 Å². The molecule has 0 aliphatic carbocycles. The Kier molecular flexibility index (Phi) is 7.84. The minimum absolute atomic E-state index is 0.302. The number of rotatable bonds is 6. The molecule has 1 aromatic rings. The van der Waals surface area contributed by atoms with Crippen molar-refractivity contribution in [2.45, 2.75) is 5.75 Å². The van der Waals surface area contributed by atoms with Crippen LogP contribution in [0.25, 0.3) is 0 Å². The predicted octanol–water partition coefficient (Wildman–Crippen LogP) is -6.47. The van der Waals surface area contributed by atoms with Crippen LogP contribution < -0.4 is 5.43 Å². The van der Waals surface area contributed by atoms with Crippen molar-refractivity contribution >= 4 is 92.9 Å². The first kappa shape index (κ1) is 19.9. The maximum absolute atomic E-state index is 11.7. The van der Waals surface area contributed by atoms with Crippen molar-refractivity contribution in [3.63, 3.8) is 0 Å². The summed E-state index contributed by atoms with van der Waals surface area (Å²) < 4.78 is 5.44. The summed E-state index contributed by atoms with van der Waals surface area (Å²) in [5.74, 6) is 1.21. The van der Waals surface area contributed by atoms with E-state index in [0.717, 1.165) is 6.26 Å². The molecule has 0 aliphatic rings. The predicted molar refractivity (Wildman–Crippen MR) is 122 cm³/mol. The van der Waals surface area contributed by atoms with Gasteiger partial charge in [-0.15, -0.1) is 0 Å². The van der Waals surface area contributed by atoms with Gasteiger partial charge in [-0.2, -0.15) is 0 Å². The molecule has 3 radical (unpaired) electrons. The fourth-order valence-corrected chi connectivity index (χ4v) is 6.64. The molecule has 16 heteroatoms. The molecule has 1 rings (SSSR count). The van der Waals surface area contributed by atoms with E-state index in [2.05, 4.69) is 50.8 Å². The van der Waals surface area contributed by atoms with Gasteiger partial charge in [0, 0.05) is 0 Å². The summed E-state index contributed by atoms with van der Waals surface area (Å²) in [5.41, 5.74) is -0.399. The standard InChI is InChI=1S/C6H16B12O3S/c7-13-18(12)22(14-16(8)9,15-17(10)11)3-4-1-5(19)6(20)2-21-4/h1-2,13,20H,3,8-12H2/q-1/i7-1,8-1,9-1,10-1,11-1,12-1,13-1,14-1,15-1,16-1,17-1,18-1. The zero-order valence-electron chi connectivity index (χ0n) is 14.2. The molecule has 1 N–H and O–H groups in total.